The topological polar surface area (TPSA) is 47.3 Å². The quantitative estimate of drug-likeness (QED) is 0.676. The molecule has 0 fully saturated rings. The minimum Gasteiger partial charge on any atom is -0.504 e. The number of nitrogens with zero attached hydrogens (tertiary/aromatic N) is 2. The van der Waals surface area contributed by atoms with Crippen LogP contribution in [0.3, 0.4) is 0 Å². The van der Waals surface area contributed by atoms with E-state index in [4.69, 9.17) is 4.74 Å². The average Bonchev–Trinajstić information content (AvgIpc) is 2.72. The van der Waals surface area contributed by atoms with Crippen molar-refractivity contribution in [2.24, 2.45) is 0 Å². The number of rotatable bonds is 5. The number of hydrogen-bond acceptors (Lipinski definition) is 3. The number of aromatic nitrogens is 2. The van der Waals surface area contributed by atoms with E-state index in [1.54, 1.807) is 16.8 Å². The molecule has 2 aromatic heterocycles. The lowest BCUT2D eigenvalue weighted by Gasteiger charge is -2.15. The Morgan fingerprint density at radius 3 is 2.84 bits per heavy atom. The summed E-state index contributed by atoms with van der Waals surface area (Å²) in [6, 6.07) is 2.74. The lowest BCUT2D eigenvalue weighted by molar-refractivity contribution is 0.0898. The van der Waals surface area contributed by atoms with Crippen LogP contribution < -0.4 is 0 Å². The molecule has 0 unspecified atom stereocenters. The first-order valence-electron chi connectivity index (χ1n) is 6.28. The van der Waals surface area contributed by atoms with Crippen molar-refractivity contribution in [3.63, 3.8) is 0 Å². The summed E-state index contributed by atoms with van der Waals surface area (Å²) in [5, 5.41) is 10.00. The molecule has 4 nitrogen and oxygen atoms in total. The van der Waals surface area contributed by atoms with Gasteiger partial charge in [-0.3, -0.25) is 0 Å². The van der Waals surface area contributed by atoms with E-state index in [2.05, 4.69) is 24.6 Å². The molecule has 0 atom stereocenters. The summed E-state index contributed by atoms with van der Waals surface area (Å²) in [6.45, 7) is 7.96. The molecule has 6 heteroatoms. The Balaban J connectivity index is 2.04. The highest BCUT2D eigenvalue weighted by molar-refractivity contribution is 6.76. The molecule has 104 valence electrons. The molecule has 0 aliphatic carbocycles. The van der Waals surface area contributed by atoms with Gasteiger partial charge in [-0.1, -0.05) is 19.6 Å². The second-order valence-electron chi connectivity index (χ2n) is 5.83. The fraction of sp³-hybridized carbons (Fsp3) is 0.462. The van der Waals surface area contributed by atoms with Gasteiger partial charge in [0.05, 0.1) is 11.6 Å². The van der Waals surface area contributed by atoms with Crippen LogP contribution in [0.5, 0.6) is 5.75 Å². The normalized spacial score (nSPS) is 12.2. The van der Waals surface area contributed by atoms with Crippen LogP contribution in [0, 0.1) is 5.82 Å². The highest BCUT2D eigenvalue weighted by atomic mass is 28.3. The Morgan fingerprint density at radius 2 is 2.16 bits per heavy atom. The maximum absolute atomic E-state index is 13.1. The summed E-state index contributed by atoms with van der Waals surface area (Å²) in [6.07, 6.45) is 2.77. The predicted molar refractivity (Wildman–Crippen MR) is 75.5 cm³/mol. The largest absolute Gasteiger partial charge is 0.504 e. The molecule has 0 radical (unpaired) electrons. The first-order valence-corrected chi connectivity index (χ1v) is 9.99. The molecule has 0 bridgehead atoms. The number of pyridine rings is 1. The SMILES string of the molecule is C[Si](C)(C)CCOCn1ccc2c(O)c(F)cnc21. The van der Waals surface area contributed by atoms with Gasteiger partial charge < -0.3 is 14.4 Å². The van der Waals surface area contributed by atoms with E-state index in [1.807, 2.05) is 0 Å². The van der Waals surface area contributed by atoms with Crippen molar-refractivity contribution < 1.29 is 14.2 Å². The van der Waals surface area contributed by atoms with Crippen molar-refractivity contribution >= 4 is 19.1 Å². The number of fused-ring (bicyclic) bond motifs is 1. The maximum Gasteiger partial charge on any atom is 0.183 e. The van der Waals surface area contributed by atoms with Crippen LogP contribution in [0.25, 0.3) is 11.0 Å². The van der Waals surface area contributed by atoms with Gasteiger partial charge in [-0.25, -0.2) is 9.37 Å². The van der Waals surface area contributed by atoms with Crippen LogP contribution in [-0.4, -0.2) is 29.3 Å². The van der Waals surface area contributed by atoms with Crippen LogP contribution >= 0.6 is 0 Å². The number of halogens is 1. The molecule has 2 heterocycles. The van der Waals surface area contributed by atoms with Crippen molar-refractivity contribution in [3.8, 4) is 5.75 Å². The Morgan fingerprint density at radius 1 is 1.42 bits per heavy atom. The van der Waals surface area contributed by atoms with Crippen molar-refractivity contribution in [3.05, 3.63) is 24.3 Å². The van der Waals surface area contributed by atoms with E-state index < -0.39 is 13.9 Å². The zero-order valence-corrected chi connectivity index (χ0v) is 12.5. The molecule has 0 saturated heterocycles. The first-order chi connectivity index (χ1) is 8.88. The van der Waals surface area contributed by atoms with E-state index in [1.165, 1.54) is 0 Å². The van der Waals surface area contributed by atoms with Crippen LogP contribution in [-0.2, 0) is 11.5 Å². The fourth-order valence-electron chi connectivity index (χ4n) is 1.75. The van der Waals surface area contributed by atoms with Crippen LogP contribution in [0.2, 0.25) is 25.7 Å². The fourth-order valence-corrected chi connectivity index (χ4v) is 2.50. The van der Waals surface area contributed by atoms with Gasteiger partial charge in [0.15, 0.2) is 11.6 Å². The van der Waals surface area contributed by atoms with Gasteiger partial charge in [0.2, 0.25) is 0 Å². The van der Waals surface area contributed by atoms with Crippen LogP contribution in [0.1, 0.15) is 0 Å². The lowest BCUT2D eigenvalue weighted by Crippen LogP contribution is -2.22. The number of ether oxygens (including phenoxy) is 1. The molecule has 19 heavy (non-hydrogen) atoms. The molecule has 0 spiro atoms. The maximum atomic E-state index is 13.1. The minimum absolute atomic E-state index is 0.356. The lowest BCUT2D eigenvalue weighted by atomic mass is 10.3. The summed E-state index contributed by atoms with van der Waals surface area (Å²) >= 11 is 0. The summed E-state index contributed by atoms with van der Waals surface area (Å²) in [5.41, 5.74) is 0.534. The Hall–Kier alpha value is -1.40. The molecule has 0 aromatic carbocycles. The van der Waals surface area contributed by atoms with Gasteiger partial charge in [-0.2, -0.15) is 0 Å². The molecular formula is C13H19FN2O2Si. The van der Waals surface area contributed by atoms with Gasteiger partial charge in [-0.15, -0.1) is 0 Å². The molecular weight excluding hydrogens is 263 g/mol. The third kappa shape index (κ3) is 3.33. The predicted octanol–water partition coefficient (Wildman–Crippen LogP) is 3.19. The zero-order chi connectivity index (χ0) is 14.0. The molecule has 1 N–H and O–H groups in total. The second kappa shape index (κ2) is 5.30. The third-order valence-electron chi connectivity index (χ3n) is 2.94. The van der Waals surface area contributed by atoms with Gasteiger partial charge in [0.1, 0.15) is 12.4 Å². The average molecular weight is 282 g/mol. The Bertz CT molecular complexity index is 578. The highest BCUT2D eigenvalue weighted by Gasteiger charge is 2.13. The molecule has 0 aliphatic heterocycles. The van der Waals surface area contributed by atoms with Gasteiger partial charge in [0, 0.05) is 20.9 Å². The van der Waals surface area contributed by atoms with Crippen molar-refractivity contribution in [1.82, 2.24) is 9.55 Å². The van der Waals surface area contributed by atoms with E-state index in [9.17, 15) is 9.50 Å². The summed E-state index contributed by atoms with van der Waals surface area (Å²) < 4.78 is 20.5. The van der Waals surface area contributed by atoms with E-state index >= 15 is 0 Å². The summed E-state index contributed by atoms with van der Waals surface area (Å²) in [7, 11) is -1.09. The Labute approximate surface area is 112 Å². The van der Waals surface area contributed by atoms with E-state index in [-0.39, 0.29) is 5.75 Å². The van der Waals surface area contributed by atoms with Crippen molar-refractivity contribution in [1.29, 1.82) is 0 Å². The monoisotopic (exact) mass is 282 g/mol. The molecule has 2 rings (SSSR count). The summed E-state index contributed by atoms with van der Waals surface area (Å²) in [4.78, 5) is 3.99. The zero-order valence-electron chi connectivity index (χ0n) is 11.5. The highest BCUT2D eigenvalue weighted by Crippen LogP contribution is 2.26. The van der Waals surface area contributed by atoms with E-state index in [0.717, 1.165) is 12.2 Å². The van der Waals surface area contributed by atoms with Crippen LogP contribution in [0.4, 0.5) is 4.39 Å². The first kappa shape index (κ1) is 14.0. The van der Waals surface area contributed by atoms with E-state index in [0.29, 0.717) is 24.4 Å². The molecule has 2 aromatic rings. The van der Waals surface area contributed by atoms with Gasteiger partial charge in [-0.05, 0) is 12.1 Å². The standard InChI is InChI=1S/C13H19FN2O2Si/c1-19(2,3)7-6-18-9-16-5-4-10-12(17)11(14)8-15-13(10)16/h4-5,8H,6-7,9H2,1-3H3,(H,15,17). The smallest absolute Gasteiger partial charge is 0.183 e. The number of hydrogen-bond donors (Lipinski definition) is 1. The van der Waals surface area contributed by atoms with Crippen LogP contribution in [0.15, 0.2) is 18.5 Å². The third-order valence-corrected chi connectivity index (χ3v) is 4.65. The number of aromatic hydroxyl groups is 1. The summed E-state index contributed by atoms with van der Waals surface area (Å²) in [5.74, 6) is -1.06. The molecule has 0 saturated carbocycles. The Kier molecular flexibility index (Phi) is 3.91. The molecule has 0 amide bonds. The second-order valence-corrected chi connectivity index (χ2v) is 11.4. The molecule has 0 aliphatic rings. The van der Waals surface area contributed by atoms with Gasteiger partial charge in [0.25, 0.3) is 0 Å². The van der Waals surface area contributed by atoms with Crippen molar-refractivity contribution in [2.45, 2.75) is 32.4 Å². The minimum atomic E-state index is -1.09. The van der Waals surface area contributed by atoms with Crippen molar-refractivity contribution in [2.75, 3.05) is 6.61 Å². The van der Waals surface area contributed by atoms with Gasteiger partial charge >= 0.3 is 0 Å².